The molecule has 160 valence electrons. The number of aryl methyl sites for hydroxylation is 1. The second-order valence-electron chi connectivity index (χ2n) is 8.34. The van der Waals surface area contributed by atoms with Crippen LogP contribution in [-0.2, 0) is 6.42 Å². The Balaban J connectivity index is 1.44. The first-order chi connectivity index (χ1) is 15.0. The normalized spacial score (nSPS) is 18.6. The molecule has 0 saturated heterocycles. The molecule has 4 heteroatoms. The molecule has 1 saturated carbocycles. The van der Waals surface area contributed by atoms with E-state index in [9.17, 15) is 17.6 Å². The summed E-state index contributed by atoms with van der Waals surface area (Å²) in [6.07, 6.45) is 4.94. The van der Waals surface area contributed by atoms with Crippen molar-refractivity contribution < 1.29 is 17.6 Å². The van der Waals surface area contributed by atoms with Gasteiger partial charge in [0.2, 0.25) is 0 Å². The summed E-state index contributed by atoms with van der Waals surface area (Å²) in [5.74, 6) is 3.37. The van der Waals surface area contributed by atoms with E-state index in [1.807, 2.05) is 19.1 Å². The molecule has 0 atom stereocenters. The standard InChI is InChI=1S/C27H24F4/c1-2-3-18-14-25(29)23(26(30)15-18)11-6-17-4-7-19(8-5-17)20-9-12-22-21(16-20)10-13-24(28)27(22)31/h9-10,12-17,19H,2-5,7-8H2,1H3. The van der Waals surface area contributed by atoms with E-state index in [2.05, 4.69) is 11.8 Å². The van der Waals surface area contributed by atoms with Gasteiger partial charge in [0.15, 0.2) is 11.6 Å². The van der Waals surface area contributed by atoms with E-state index in [4.69, 9.17) is 0 Å². The SMILES string of the molecule is CCCc1cc(F)c(C#CC2CCC(c3ccc4c(F)c(F)ccc4c3)CC2)c(F)c1. The highest BCUT2D eigenvalue weighted by Gasteiger charge is 2.22. The molecule has 0 nitrogen and oxygen atoms in total. The van der Waals surface area contributed by atoms with Gasteiger partial charge in [0, 0.05) is 11.3 Å². The van der Waals surface area contributed by atoms with Crippen LogP contribution in [0.5, 0.6) is 0 Å². The highest BCUT2D eigenvalue weighted by Crippen LogP contribution is 2.37. The van der Waals surface area contributed by atoms with Gasteiger partial charge in [-0.15, -0.1) is 0 Å². The summed E-state index contributed by atoms with van der Waals surface area (Å²) >= 11 is 0. The maximum atomic E-state index is 14.3. The molecule has 0 bridgehead atoms. The number of hydrogen-bond donors (Lipinski definition) is 0. The molecular weight excluding hydrogens is 400 g/mol. The molecule has 0 radical (unpaired) electrons. The molecule has 0 amide bonds. The maximum absolute atomic E-state index is 14.3. The van der Waals surface area contributed by atoms with Gasteiger partial charge in [0.05, 0.1) is 5.56 Å². The zero-order valence-electron chi connectivity index (χ0n) is 17.5. The minimum atomic E-state index is -0.841. The molecular formula is C27H24F4. The van der Waals surface area contributed by atoms with Crippen molar-refractivity contribution in [2.75, 3.05) is 0 Å². The van der Waals surface area contributed by atoms with E-state index in [1.165, 1.54) is 12.1 Å². The third kappa shape index (κ3) is 4.61. The van der Waals surface area contributed by atoms with E-state index in [1.54, 1.807) is 12.1 Å². The molecule has 3 aromatic rings. The van der Waals surface area contributed by atoms with E-state index >= 15 is 0 Å². The average molecular weight is 424 g/mol. The fourth-order valence-electron chi connectivity index (χ4n) is 4.46. The van der Waals surface area contributed by atoms with Crippen LogP contribution in [0.3, 0.4) is 0 Å². The van der Waals surface area contributed by atoms with E-state index in [0.717, 1.165) is 43.7 Å². The Morgan fingerprint density at radius 1 is 0.839 bits per heavy atom. The van der Waals surface area contributed by atoms with Crippen LogP contribution in [0, 0.1) is 41.0 Å². The van der Waals surface area contributed by atoms with Gasteiger partial charge in [-0.2, -0.15) is 0 Å². The minimum Gasteiger partial charge on any atom is -0.206 e. The molecule has 0 heterocycles. The molecule has 0 aliphatic heterocycles. The lowest BCUT2D eigenvalue weighted by atomic mass is 9.78. The van der Waals surface area contributed by atoms with Gasteiger partial charge >= 0.3 is 0 Å². The van der Waals surface area contributed by atoms with Crippen molar-refractivity contribution >= 4 is 10.8 Å². The fraction of sp³-hybridized carbons (Fsp3) is 0.333. The van der Waals surface area contributed by atoms with Gasteiger partial charge in [-0.3, -0.25) is 0 Å². The summed E-state index contributed by atoms with van der Waals surface area (Å²) in [6.45, 7) is 1.97. The summed E-state index contributed by atoms with van der Waals surface area (Å²) in [5.41, 5.74) is 1.61. The number of halogens is 4. The Kier molecular flexibility index (Phi) is 6.32. The summed E-state index contributed by atoms with van der Waals surface area (Å²) in [4.78, 5) is 0. The summed E-state index contributed by atoms with van der Waals surface area (Å²) in [7, 11) is 0. The Labute approximate surface area is 180 Å². The van der Waals surface area contributed by atoms with Gasteiger partial charge in [-0.1, -0.05) is 49.5 Å². The van der Waals surface area contributed by atoms with Gasteiger partial charge < -0.3 is 0 Å². The smallest absolute Gasteiger partial charge is 0.166 e. The molecule has 1 fully saturated rings. The molecule has 1 aliphatic rings. The van der Waals surface area contributed by atoms with Crippen LogP contribution >= 0.6 is 0 Å². The summed E-state index contributed by atoms with van der Waals surface area (Å²) in [5, 5.41) is 0.980. The van der Waals surface area contributed by atoms with Crippen LogP contribution in [0.1, 0.15) is 61.6 Å². The Morgan fingerprint density at radius 3 is 2.23 bits per heavy atom. The number of hydrogen-bond acceptors (Lipinski definition) is 0. The second-order valence-corrected chi connectivity index (χ2v) is 8.34. The highest BCUT2D eigenvalue weighted by molar-refractivity contribution is 5.84. The van der Waals surface area contributed by atoms with Crippen LogP contribution in [0.2, 0.25) is 0 Å². The Morgan fingerprint density at radius 2 is 1.55 bits per heavy atom. The van der Waals surface area contributed by atoms with E-state index in [0.29, 0.717) is 23.3 Å². The monoisotopic (exact) mass is 424 g/mol. The predicted octanol–water partition coefficient (Wildman–Crippen LogP) is 7.67. The van der Waals surface area contributed by atoms with Crippen molar-refractivity contribution in [3.63, 3.8) is 0 Å². The van der Waals surface area contributed by atoms with Crippen LogP contribution in [0.4, 0.5) is 17.6 Å². The Hall–Kier alpha value is -2.80. The number of fused-ring (bicyclic) bond motifs is 1. The van der Waals surface area contributed by atoms with Gasteiger partial charge in [0.1, 0.15) is 11.6 Å². The van der Waals surface area contributed by atoms with Crippen LogP contribution in [0.25, 0.3) is 10.8 Å². The van der Waals surface area contributed by atoms with Crippen molar-refractivity contribution in [3.05, 3.63) is 82.4 Å². The molecule has 0 aromatic heterocycles. The zero-order valence-corrected chi connectivity index (χ0v) is 17.5. The van der Waals surface area contributed by atoms with Crippen molar-refractivity contribution in [2.45, 2.75) is 51.4 Å². The third-order valence-corrected chi connectivity index (χ3v) is 6.17. The lowest BCUT2D eigenvalue weighted by Gasteiger charge is -2.26. The first-order valence-electron chi connectivity index (χ1n) is 10.8. The van der Waals surface area contributed by atoms with Gasteiger partial charge in [-0.25, -0.2) is 17.6 Å². The Bertz CT molecular complexity index is 1140. The van der Waals surface area contributed by atoms with E-state index in [-0.39, 0.29) is 16.9 Å². The quantitative estimate of drug-likeness (QED) is 0.299. The zero-order chi connectivity index (χ0) is 22.0. The van der Waals surface area contributed by atoms with Crippen LogP contribution in [-0.4, -0.2) is 0 Å². The van der Waals surface area contributed by atoms with Crippen molar-refractivity contribution in [2.24, 2.45) is 5.92 Å². The lowest BCUT2D eigenvalue weighted by molar-refractivity contribution is 0.385. The lowest BCUT2D eigenvalue weighted by Crippen LogP contribution is -2.12. The third-order valence-electron chi connectivity index (χ3n) is 6.17. The fourth-order valence-corrected chi connectivity index (χ4v) is 4.46. The second kappa shape index (κ2) is 9.14. The first kappa shape index (κ1) is 21.4. The first-order valence-corrected chi connectivity index (χ1v) is 10.8. The molecule has 0 N–H and O–H groups in total. The average Bonchev–Trinajstić information content (AvgIpc) is 2.76. The number of rotatable bonds is 3. The number of benzene rings is 3. The van der Waals surface area contributed by atoms with Crippen molar-refractivity contribution in [3.8, 4) is 11.8 Å². The minimum absolute atomic E-state index is 0.0948. The van der Waals surface area contributed by atoms with Crippen LogP contribution < -0.4 is 0 Å². The predicted molar refractivity (Wildman–Crippen MR) is 116 cm³/mol. The van der Waals surface area contributed by atoms with E-state index < -0.39 is 23.3 Å². The highest BCUT2D eigenvalue weighted by atomic mass is 19.2. The molecule has 1 aliphatic carbocycles. The van der Waals surface area contributed by atoms with Crippen molar-refractivity contribution in [1.82, 2.24) is 0 Å². The van der Waals surface area contributed by atoms with Gasteiger partial charge in [0.25, 0.3) is 0 Å². The van der Waals surface area contributed by atoms with Crippen LogP contribution in [0.15, 0.2) is 42.5 Å². The van der Waals surface area contributed by atoms with Gasteiger partial charge in [-0.05, 0) is 72.7 Å². The molecule has 31 heavy (non-hydrogen) atoms. The molecule has 3 aromatic carbocycles. The summed E-state index contributed by atoms with van der Waals surface area (Å²) < 4.78 is 55.9. The molecule has 0 unspecified atom stereocenters. The topological polar surface area (TPSA) is 0 Å². The maximum Gasteiger partial charge on any atom is 0.166 e. The summed E-state index contributed by atoms with van der Waals surface area (Å²) in [6, 6.07) is 10.9. The largest absolute Gasteiger partial charge is 0.206 e. The van der Waals surface area contributed by atoms with Crippen molar-refractivity contribution in [1.29, 1.82) is 0 Å². The molecule has 4 rings (SSSR count). The molecule has 0 spiro atoms.